The Morgan fingerprint density at radius 3 is 1.67 bits per heavy atom. The lowest BCUT2D eigenvalue weighted by Crippen LogP contribution is -1.73. The van der Waals surface area contributed by atoms with Crippen molar-refractivity contribution in [2.75, 3.05) is 20.8 Å². The molecule has 2 nitrogen and oxygen atoms in total. The van der Waals surface area contributed by atoms with Gasteiger partial charge in [-0.15, -0.1) is 0 Å². The Hall–Kier alpha value is -0.0800. The summed E-state index contributed by atoms with van der Waals surface area (Å²) in [7, 11) is 3.18. The molecule has 0 radical (unpaired) electrons. The van der Waals surface area contributed by atoms with Gasteiger partial charge >= 0.3 is 0 Å². The molecule has 0 bridgehead atoms. The summed E-state index contributed by atoms with van der Waals surface area (Å²) in [6.45, 7) is 2.78. The van der Waals surface area contributed by atoms with Crippen molar-refractivity contribution in [1.29, 1.82) is 0 Å². The Balaban J connectivity index is 0. The van der Waals surface area contributed by atoms with Gasteiger partial charge in [0, 0.05) is 13.7 Å². The summed E-state index contributed by atoms with van der Waals surface area (Å²) in [5.74, 6) is 0. The predicted molar refractivity (Wildman–Crippen MR) is 27.7 cm³/mol. The van der Waals surface area contributed by atoms with Crippen LogP contribution in [-0.2, 0) is 4.74 Å². The van der Waals surface area contributed by atoms with E-state index in [1.54, 1.807) is 7.11 Å². The van der Waals surface area contributed by atoms with Gasteiger partial charge in [-0.3, -0.25) is 0 Å². The Morgan fingerprint density at radius 1 is 1.50 bits per heavy atom. The van der Waals surface area contributed by atoms with Gasteiger partial charge in [-0.2, -0.15) is 0 Å². The molecule has 2 N–H and O–H groups in total. The summed E-state index contributed by atoms with van der Waals surface area (Å²) in [5.41, 5.74) is 4.50. The van der Waals surface area contributed by atoms with Crippen molar-refractivity contribution in [2.45, 2.75) is 6.92 Å². The van der Waals surface area contributed by atoms with Crippen molar-refractivity contribution < 1.29 is 4.74 Å². The van der Waals surface area contributed by atoms with Gasteiger partial charge in [0.25, 0.3) is 0 Å². The van der Waals surface area contributed by atoms with Crippen molar-refractivity contribution in [2.24, 2.45) is 5.73 Å². The number of hydrogen-bond donors (Lipinski definition) is 1. The van der Waals surface area contributed by atoms with Gasteiger partial charge < -0.3 is 10.5 Å². The van der Waals surface area contributed by atoms with Crippen molar-refractivity contribution in [3.8, 4) is 0 Å². The molecule has 0 aliphatic carbocycles. The maximum atomic E-state index is 4.54. The van der Waals surface area contributed by atoms with Crippen molar-refractivity contribution in [1.82, 2.24) is 0 Å². The highest BCUT2D eigenvalue weighted by Gasteiger charge is 1.51. The normalized spacial score (nSPS) is 6.00. The molecule has 2 heteroatoms. The van der Waals surface area contributed by atoms with E-state index in [9.17, 15) is 0 Å². The standard InChI is InChI=1S/C3H8O.CH5N/c1-3-4-2;1-2/h3H2,1-2H3;2H2,1H3. The van der Waals surface area contributed by atoms with Crippen LogP contribution in [0.3, 0.4) is 0 Å². The van der Waals surface area contributed by atoms with Crippen molar-refractivity contribution in [3.63, 3.8) is 0 Å². The van der Waals surface area contributed by atoms with E-state index in [2.05, 4.69) is 10.5 Å². The lowest BCUT2D eigenvalue weighted by atomic mass is 10.9. The molecule has 0 aromatic carbocycles. The second-order valence-electron chi connectivity index (χ2n) is 0.577. The summed E-state index contributed by atoms with van der Waals surface area (Å²) in [6.07, 6.45) is 0. The quantitative estimate of drug-likeness (QED) is 0.501. The second kappa shape index (κ2) is 20.5. The zero-order valence-corrected chi connectivity index (χ0v) is 4.69. The lowest BCUT2D eigenvalue weighted by molar-refractivity contribution is 0.215. The second-order valence-corrected chi connectivity index (χ2v) is 0.577. The molecule has 0 aromatic rings. The first kappa shape index (κ1) is 9.33. The highest BCUT2D eigenvalue weighted by atomic mass is 16.5. The summed E-state index contributed by atoms with van der Waals surface area (Å²) >= 11 is 0. The zero-order valence-electron chi connectivity index (χ0n) is 4.69. The summed E-state index contributed by atoms with van der Waals surface area (Å²) < 4.78 is 4.54. The molecule has 0 aliphatic rings. The number of ether oxygens (including phenoxy) is 1. The average Bonchev–Trinajstić information content (AvgIpc) is 1.72. The van der Waals surface area contributed by atoms with E-state index in [-0.39, 0.29) is 0 Å². The lowest BCUT2D eigenvalue weighted by Gasteiger charge is -1.76. The molecule has 0 rings (SSSR count). The van der Waals surface area contributed by atoms with Crippen LogP contribution in [0.4, 0.5) is 0 Å². The highest BCUT2D eigenvalue weighted by molar-refractivity contribution is 3.94. The van der Waals surface area contributed by atoms with E-state index in [4.69, 9.17) is 0 Å². The molecule has 0 fully saturated rings. The molecular formula is C4H13NO. The molecule has 6 heavy (non-hydrogen) atoms. The number of rotatable bonds is 1. The molecule has 0 heterocycles. The Kier molecular flexibility index (Phi) is 31.9. The van der Waals surface area contributed by atoms with Crippen LogP contribution >= 0.6 is 0 Å². The molecule has 0 aromatic heterocycles. The maximum absolute atomic E-state index is 4.54. The van der Waals surface area contributed by atoms with Crippen molar-refractivity contribution in [3.05, 3.63) is 0 Å². The first-order valence-electron chi connectivity index (χ1n) is 1.98. The van der Waals surface area contributed by atoms with Crippen LogP contribution in [0.1, 0.15) is 6.92 Å². The first-order chi connectivity index (χ1) is 2.91. The van der Waals surface area contributed by atoms with Crippen LogP contribution in [0, 0.1) is 0 Å². The molecular weight excluding hydrogens is 78.0 g/mol. The largest absolute Gasteiger partial charge is 0.385 e. The van der Waals surface area contributed by atoms with E-state index in [1.165, 1.54) is 7.05 Å². The van der Waals surface area contributed by atoms with E-state index in [1.807, 2.05) is 6.92 Å². The fourth-order valence-electron chi connectivity index (χ4n) is 0. The third-order valence-electron chi connectivity index (χ3n) is 0.289. The minimum Gasteiger partial charge on any atom is -0.385 e. The van der Waals surface area contributed by atoms with Gasteiger partial charge in [0.2, 0.25) is 0 Å². The number of methoxy groups -OCH3 is 1. The summed E-state index contributed by atoms with van der Waals surface area (Å²) in [4.78, 5) is 0. The van der Waals surface area contributed by atoms with Crippen LogP contribution in [0.15, 0.2) is 0 Å². The van der Waals surface area contributed by atoms with Gasteiger partial charge in [0.15, 0.2) is 0 Å². The van der Waals surface area contributed by atoms with Crippen LogP contribution in [0.2, 0.25) is 0 Å². The smallest absolute Gasteiger partial charge is 0.0433 e. The summed E-state index contributed by atoms with van der Waals surface area (Å²) in [6, 6.07) is 0. The maximum Gasteiger partial charge on any atom is 0.0433 e. The van der Waals surface area contributed by atoms with E-state index in [0.29, 0.717) is 0 Å². The molecule has 0 atom stereocenters. The fourth-order valence-corrected chi connectivity index (χ4v) is 0. The molecule has 0 saturated heterocycles. The van der Waals surface area contributed by atoms with Crippen LogP contribution in [-0.4, -0.2) is 20.8 Å². The molecule has 0 unspecified atom stereocenters. The minimum absolute atomic E-state index is 0.819. The van der Waals surface area contributed by atoms with Gasteiger partial charge in [-0.25, -0.2) is 0 Å². The van der Waals surface area contributed by atoms with E-state index < -0.39 is 0 Å². The molecule has 40 valence electrons. The zero-order chi connectivity index (χ0) is 5.41. The number of nitrogens with two attached hydrogens (primary N) is 1. The number of hydrogen-bond acceptors (Lipinski definition) is 2. The average molecular weight is 91.2 g/mol. The summed E-state index contributed by atoms with van der Waals surface area (Å²) in [5, 5.41) is 0. The topological polar surface area (TPSA) is 35.2 Å². The van der Waals surface area contributed by atoms with Crippen molar-refractivity contribution >= 4 is 0 Å². The minimum atomic E-state index is 0.819. The third kappa shape index (κ3) is 39.5. The van der Waals surface area contributed by atoms with E-state index in [0.717, 1.165) is 6.61 Å². The third-order valence-corrected chi connectivity index (χ3v) is 0.289. The van der Waals surface area contributed by atoms with Gasteiger partial charge in [-0.05, 0) is 14.0 Å². The predicted octanol–water partition coefficient (Wildman–Crippen LogP) is 0.228. The Morgan fingerprint density at radius 2 is 1.67 bits per heavy atom. The molecule has 0 saturated carbocycles. The van der Waals surface area contributed by atoms with Crippen LogP contribution in [0.25, 0.3) is 0 Å². The first-order valence-corrected chi connectivity index (χ1v) is 1.98. The SMILES string of the molecule is CCOC.CN. The van der Waals surface area contributed by atoms with Gasteiger partial charge in [0.1, 0.15) is 0 Å². The molecule has 0 aliphatic heterocycles. The Bertz CT molecular complexity index is 9.51. The van der Waals surface area contributed by atoms with Gasteiger partial charge in [0.05, 0.1) is 0 Å². The molecule has 0 amide bonds. The van der Waals surface area contributed by atoms with Gasteiger partial charge in [-0.1, -0.05) is 0 Å². The monoisotopic (exact) mass is 91.1 g/mol. The Labute approximate surface area is 39.3 Å². The highest BCUT2D eigenvalue weighted by Crippen LogP contribution is 1.52. The van der Waals surface area contributed by atoms with E-state index >= 15 is 0 Å². The van der Waals surface area contributed by atoms with Crippen LogP contribution in [0.5, 0.6) is 0 Å². The fraction of sp³-hybridized carbons (Fsp3) is 1.00. The molecule has 0 spiro atoms. The van der Waals surface area contributed by atoms with Crippen LogP contribution < -0.4 is 5.73 Å².